The summed E-state index contributed by atoms with van der Waals surface area (Å²) in [6.45, 7) is 0. The van der Waals surface area contributed by atoms with Crippen molar-refractivity contribution in [3.63, 3.8) is 0 Å². The molecule has 2 aromatic rings. The minimum Gasteiger partial charge on any atom is -0.308 e. The molecule has 0 spiro atoms. The molecule has 1 heterocycles. The van der Waals surface area contributed by atoms with Crippen LogP contribution in [0.5, 0.6) is 0 Å². The summed E-state index contributed by atoms with van der Waals surface area (Å²) in [5.41, 5.74) is 1.70. The Hall–Kier alpha value is -1.29. The fraction of sp³-hybridized carbons (Fsp3) is 0.200. The second kappa shape index (κ2) is 3.46. The van der Waals surface area contributed by atoms with Gasteiger partial charge in [0, 0.05) is 7.05 Å². The van der Waals surface area contributed by atoms with Crippen LogP contribution in [-0.2, 0) is 7.05 Å². The SMILES string of the molecule is CSc1nc2ccccc2n(C)c1=O. The van der Waals surface area contributed by atoms with Crippen molar-refractivity contribution in [2.24, 2.45) is 7.05 Å². The lowest BCUT2D eigenvalue weighted by Crippen LogP contribution is -2.20. The van der Waals surface area contributed by atoms with Crippen LogP contribution in [0.3, 0.4) is 0 Å². The maximum atomic E-state index is 11.7. The van der Waals surface area contributed by atoms with Crippen molar-refractivity contribution in [3.8, 4) is 0 Å². The van der Waals surface area contributed by atoms with E-state index in [0.717, 1.165) is 11.0 Å². The smallest absolute Gasteiger partial charge is 0.283 e. The number of hydrogen-bond donors (Lipinski definition) is 0. The molecule has 0 N–H and O–H groups in total. The molecule has 0 unspecified atom stereocenters. The van der Waals surface area contributed by atoms with Crippen molar-refractivity contribution in [3.05, 3.63) is 34.6 Å². The van der Waals surface area contributed by atoms with E-state index >= 15 is 0 Å². The lowest BCUT2D eigenvalue weighted by Gasteiger charge is -2.05. The van der Waals surface area contributed by atoms with Crippen molar-refractivity contribution in [1.29, 1.82) is 0 Å². The Bertz CT molecular complexity index is 533. The monoisotopic (exact) mass is 206 g/mol. The largest absolute Gasteiger partial charge is 0.308 e. The topological polar surface area (TPSA) is 34.9 Å². The van der Waals surface area contributed by atoms with Gasteiger partial charge in [-0.15, -0.1) is 11.8 Å². The third-order valence-electron chi connectivity index (χ3n) is 2.15. The van der Waals surface area contributed by atoms with Crippen LogP contribution in [0, 0.1) is 0 Å². The molecule has 14 heavy (non-hydrogen) atoms. The van der Waals surface area contributed by atoms with E-state index in [2.05, 4.69) is 4.98 Å². The summed E-state index contributed by atoms with van der Waals surface area (Å²) in [7, 11) is 1.77. The number of aryl methyl sites for hydroxylation is 1. The van der Waals surface area contributed by atoms with Crippen LogP contribution in [0.1, 0.15) is 0 Å². The quantitative estimate of drug-likeness (QED) is 0.665. The van der Waals surface area contributed by atoms with Gasteiger partial charge in [0.2, 0.25) is 0 Å². The Morgan fingerprint density at radius 1 is 1.36 bits per heavy atom. The van der Waals surface area contributed by atoms with Gasteiger partial charge in [-0.2, -0.15) is 0 Å². The van der Waals surface area contributed by atoms with Gasteiger partial charge >= 0.3 is 0 Å². The van der Waals surface area contributed by atoms with Crippen LogP contribution in [0.25, 0.3) is 11.0 Å². The van der Waals surface area contributed by atoms with Crippen molar-refractivity contribution in [2.75, 3.05) is 6.26 Å². The van der Waals surface area contributed by atoms with E-state index in [1.807, 2.05) is 30.5 Å². The number of nitrogens with zero attached hydrogens (tertiary/aromatic N) is 2. The zero-order valence-corrected chi connectivity index (χ0v) is 8.84. The summed E-state index contributed by atoms with van der Waals surface area (Å²) >= 11 is 1.38. The molecule has 0 radical (unpaired) electrons. The number of aromatic nitrogens is 2. The second-order valence-corrected chi connectivity index (χ2v) is 3.77. The molecule has 1 aromatic heterocycles. The molecule has 4 heteroatoms. The molecule has 0 aliphatic carbocycles. The van der Waals surface area contributed by atoms with Crippen molar-refractivity contribution < 1.29 is 0 Å². The summed E-state index contributed by atoms with van der Waals surface area (Å²) in [6, 6.07) is 7.63. The minimum atomic E-state index is -0.0313. The molecular formula is C10H10N2OS. The third-order valence-corrected chi connectivity index (χ3v) is 2.80. The lowest BCUT2D eigenvalue weighted by atomic mass is 10.3. The predicted octanol–water partition coefficient (Wildman–Crippen LogP) is 1.66. The fourth-order valence-electron chi connectivity index (χ4n) is 1.39. The van der Waals surface area contributed by atoms with Gasteiger partial charge in [-0.1, -0.05) is 12.1 Å². The third kappa shape index (κ3) is 1.32. The van der Waals surface area contributed by atoms with Gasteiger partial charge in [0.25, 0.3) is 5.56 Å². The number of para-hydroxylation sites is 2. The van der Waals surface area contributed by atoms with Gasteiger partial charge in [0.05, 0.1) is 11.0 Å². The second-order valence-electron chi connectivity index (χ2n) is 2.97. The highest BCUT2D eigenvalue weighted by Crippen LogP contribution is 2.12. The first-order valence-electron chi connectivity index (χ1n) is 4.24. The molecule has 72 valence electrons. The van der Waals surface area contributed by atoms with Crippen molar-refractivity contribution in [2.45, 2.75) is 5.03 Å². The van der Waals surface area contributed by atoms with Gasteiger partial charge in [-0.3, -0.25) is 4.79 Å². The average Bonchev–Trinajstić information content (AvgIpc) is 2.23. The first-order chi connectivity index (χ1) is 6.74. The molecule has 2 rings (SSSR count). The average molecular weight is 206 g/mol. The summed E-state index contributed by atoms with van der Waals surface area (Å²) in [5, 5.41) is 0.547. The van der Waals surface area contributed by atoms with Crippen LogP contribution < -0.4 is 5.56 Å². The highest BCUT2D eigenvalue weighted by Gasteiger charge is 2.05. The number of benzene rings is 1. The van der Waals surface area contributed by atoms with E-state index in [-0.39, 0.29) is 5.56 Å². The Balaban J connectivity index is 2.92. The zero-order chi connectivity index (χ0) is 10.1. The molecular weight excluding hydrogens is 196 g/mol. The van der Waals surface area contributed by atoms with Crippen LogP contribution in [0.2, 0.25) is 0 Å². The summed E-state index contributed by atoms with van der Waals surface area (Å²) in [6.07, 6.45) is 1.86. The molecule has 0 amide bonds. The Morgan fingerprint density at radius 3 is 2.79 bits per heavy atom. The number of rotatable bonds is 1. The van der Waals surface area contributed by atoms with Gasteiger partial charge in [-0.25, -0.2) is 4.98 Å². The molecule has 0 aliphatic heterocycles. The van der Waals surface area contributed by atoms with Gasteiger partial charge < -0.3 is 4.57 Å². The van der Waals surface area contributed by atoms with Crippen molar-refractivity contribution in [1.82, 2.24) is 9.55 Å². The predicted molar refractivity (Wildman–Crippen MR) is 58.8 cm³/mol. The van der Waals surface area contributed by atoms with Crippen molar-refractivity contribution >= 4 is 22.8 Å². The summed E-state index contributed by atoms with van der Waals surface area (Å²) in [5.74, 6) is 0. The number of fused-ring (bicyclic) bond motifs is 1. The maximum absolute atomic E-state index is 11.7. The van der Waals surface area contributed by atoms with Crippen LogP contribution in [0.4, 0.5) is 0 Å². The first-order valence-corrected chi connectivity index (χ1v) is 5.46. The fourth-order valence-corrected chi connectivity index (χ4v) is 1.89. The van der Waals surface area contributed by atoms with E-state index in [9.17, 15) is 4.79 Å². The molecule has 0 saturated carbocycles. The van der Waals surface area contributed by atoms with Crippen LogP contribution >= 0.6 is 11.8 Å². The van der Waals surface area contributed by atoms with E-state index in [4.69, 9.17) is 0 Å². The first kappa shape index (κ1) is 9.27. The number of hydrogen-bond acceptors (Lipinski definition) is 3. The summed E-state index contributed by atoms with van der Waals surface area (Å²) in [4.78, 5) is 16.0. The van der Waals surface area contributed by atoms with E-state index < -0.39 is 0 Å². The summed E-state index contributed by atoms with van der Waals surface area (Å²) < 4.78 is 1.63. The van der Waals surface area contributed by atoms with E-state index in [1.165, 1.54) is 11.8 Å². The molecule has 0 bridgehead atoms. The molecule has 0 aliphatic rings. The normalized spacial score (nSPS) is 10.7. The zero-order valence-electron chi connectivity index (χ0n) is 8.02. The van der Waals surface area contributed by atoms with Crippen LogP contribution in [0.15, 0.2) is 34.1 Å². The lowest BCUT2D eigenvalue weighted by molar-refractivity contribution is 0.844. The molecule has 0 fully saturated rings. The van der Waals surface area contributed by atoms with Gasteiger partial charge in [0.1, 0.15) is 0 Å². The molecule has 0 saturated heterocycles. The Morgan fingerprint density at radius 2 is 2.07 bits per heavy atom. The Labute approximate surface area is 85.8 Å². The molecule has 1 aromatic carbocycles. The minimum absolute atomic E-state index is 0.0313. The molecule has 3 nitrogen and oxygen atoms in total. The highest BCUT2D eigenvalue weighted by atomic mass is 32.2. The van der Waals surface area contributed by atoms with E-state index in [0.29, 0.717) is 5.03 Å². The van der Waals surface area contributed by atoms with Gasteiger partial charge in [0.15, 0.2) is 5.03 Å². The van der Waals surface area contributed by atoms with Crippen LogP contribution in [-0.4, -0.2) is 15.8 Å². The number of thioether (sulfide) groups is 1. The molecule has 0 atom stereocenters. The highest BCUT2D eigenvalue weighted by molar-refractivity contribution is 7.98. The maximum Gasteiger partial charge on any atom is 0.283 e. The Kier molecular flexibility index (Phi) is 2.29. The standard InChI is InChI=1S/C10H10N2OS/c1-12-8-6-4-3-5-7(8)11-9(14-2)10(12)13/h3-6H,1-2H3. The van der Waals surface area contributed by atoms with Gasteiger partial charge in [-0.05, 0) is 18.4 Å². The van der Waals surface area contributed by atoms with E-state index in [1.54, 1.807) is 11.6 Å².